The summed E-state index contributed by atoms with van der Waals surface area (Å²) in [4.78, 5) is 16.6. The van der Waals surface area contributed by atoms with E-state index in [1.165, 1.54) is 10.4 Å². The maximum absolute atomic E-state index is 12.8. The highest BCUT2D eigenvalue weighted by Crippen LogP contribution is 2.32. The lowest BCUT2D eigenvalue weighted by atomic mass is 10.1. The van der Waals surface area contributed by atoms with Crippen molar-refractivity contribution < 1.29 is 14.3 Å². The smallest absolute Gasteiger partial charge is 0.228 e. The number of carbonyl (C=O) groups excluding carboxylic acids is 1. The molecule has 0 bridgehead atoms. The van der Waals surface area contributed by atoms with Crippen LogP contribution in [0.15, 0.2) is 53.9 Å². The molecular formula is C23H24N2O3S. The first kappa shape index (κ1) is 19.3. The Bertz CT molecular complexity index is 1010. The maximum Gasteiger partial charge on any atom is 0.228 e. The van der Waals surface area contributed by atoms with E-state index in [0.29, 0.717) is 11.5 Å². The highest BCUT2D eigenvalue weighted by atomic mass is 32.1. The van der Waals surface area contributed by atoms with Crippen molar-refractivity contribution >= 4 is 28.6 Å². The van der Waals surface area contributed by atoms with Gasteiger partial charge in [-0.1, -0.05) is 18.2 Å². The number of amides is 1. The van der Waals surface area contributed by atoms with Gasteiger partial charge in [0.05, 0.1) is 32.0 Å². The van der Waals surface area contributed by atoms with Crippen LogP contribution in [0.1, 0.15) is 16.0 Å². The molecule has 2 aromatic carbocycles. The number of benzene rings is 2. The van der Waals surface area contributed by atoms with Gasteiger partial charge in [0.15, 0.2) is 0 Å². The number of thiophene rings is 1. The van der Waals surface area contributed by atoms with Crippen LogP contribution < -0.4 is 19.7 Å². The minimum absolute atomic E-state index is 0.0749. The summed E-state index contributed by atoms with van der Waals surface area (Å²) < 4.78 is 10.6. The van der Waals surface area contributed by atoms with Crippen molar-refractivity contribution in [2.75, 3.05) is 31.0 Å². The summed E-state index contributed by atoms with van der Waals surface area (Å²) in [6, 6.07) is 15.7. The van der Waals surface area contributed by atoms with E-state index in [0.717, 1.165) is 36.4 Å². The lowest BCUT2D eigenvalue weighted by molar-refractivity contribution is -0.115. The van der Waals surface area contributed by atoms with E-state index in [4.69, 9.17) is 9.47 Å². The van der Waals surface area contributed by atoms with Crippen molar-refractivity contribution in [3.63, 3.8) is 0 Å². The molecule has 2 heterocycles. The zero-order valence-corrected chi connectivity index (χ0v) is 17.4. The van der Waals surface area contributed by atoms with Gasteiger partial charge in [-0.25, -0.2) is 0 Å². The predicted octanol–water partition coefficient (Wildman–Crippen LogP) is 4.51. The fourth-order valence-corrected chi connectivity index (χ4v) is 4.56. The van der Waals surface area contributed by atoms with E-state index >= 15 is 0 Å². The standard InChI is InChI=1S/C23H24N2O3S/c1-27-18-8-7-16(21(14-18)28-2)13-23(26)24-19-5-3-4-6-20(19)25-11-9-22-17(15-25)10-12-29-22/h3-8,10,12,14H,9,11,13,15H2,1-2H3,(H,24,26). The molecule has 1 amide bonds. The van der Waals surface area contributed by atoms with Crippen LogP contribution in [-0.4, -0.2) is 26.7 Å². The van der Waals surface area contributed by atoms with Crippen molar-refractivity contribution in [1.82, 2.24) is 0 Å². The first-order valence-electron chi connectivity index (χ1n) is 9.58. The van der Waals surface area contributed by atoms with Crippen LogP contribution in [0.2, 0.25) is 0 Å². The summed E-state index contributed by atoms with van der Waals surface area (Å²) in [5.74, 6) is 1.28. The summed E-state index contributed by atoms with van der Waals surface area (Å²) in [5.41, 5.74) is 4.09. The number of methoxy groups -OCH3 is 2. The molecule has 0 saturated heterocycles. The summed E-state index contributed by atoms with van der Waals surface area (Å²) in [6.45, 7) is 1.82. The molecule has 6 heteroatoms. The normalized spacial score (nSPS) is 13.0. The van der Waals surface area contributed by atoms with Gasteiger partial charge >= 0.3 is 0 Å². The van der Waals surface area contributed by atoms with Gasteiger partial charge in [0.1, 0.15) is 11.5 Å². The maximum atomic E-state index is 12.8. The molecule has 0 fully saturated rings. The van der Waals surface area contributed by atoms with Gasteiger partial charge in [-0.2, -0.15) is 0 Å². The molecule has 0 saturated carbocycles. The molecule has 0 atom stereocenters. The van der Waals surface area contributed by atoms with Gasteiger partial charge in [-0.3, -0.25) is 4.79 Å². The van der Waals surface area contributed by atoms with Crippen molar-refractivity contribution in [2.45, 2.75) is 19.4 Å². The van der Waals surface area contributed by atoms with E-state index < -0.39 is 0 Å². The molecule has 0 unspecified atom stereocenters. The summed E-state index contributed by atoms with van der Waals surface area (Å²) in [5, 5.41) is 5.25. The molecule has 5 nitrogen and oxygen atoms in total. The monoisotopic (exact) mass is 408 g/mol. The average Bonchev–Trinajstić information content (AvgIpc) is 3.22. The number of nitrogens with zero attached hydrogens (tertiary/aromatic N) is 1. The second-order valence-electron chi connectivity index (χ2n) is 6.96. The third-order valence-electron chi connectivity index (χ3n) is 5.17. The molecule has 0 radical (unpaired) electrons. The van der Waals surface area contributed by atoms with Crippen molar-refractivity contribution in [2.24, 2.45) is 0 Å². The van der Waals surface area contributed by atoms with Crippen LogP contribution >= 0.6 is 11.3 Å². The first-order valence-corrected chi connectivity index (χ1v) is 10.5. The van der Waals surface area contributed by atoms with Crippen molar-refractivity contribution in [1.29, 1.82) is 0 Å². The van der Waals surface area contributed by atoms with Crippen LogP contribution in [0.4, 0.5) is 11.4 Å². The zero-order valence-electron chi connectivity index (χ0n) is 16.6. The number of ether oxygens (including phenoxy) is 2. The molecule has 1 aromatic heterocycles. The molecule has 0 spiro atoms. The molecule has 1 aliphatic rings. The van der Waals surface area contributed by atoms with E-state index in [1.54, 1.807) is 20.3 Å². The molecular weight excluding hydrogens is 384 g/mol. The largest absolute Gasteiger partial charge is 0.497 e. The molecule has 1 aliphatic heterocycles. The summed E-state index contributed by atoms with van der Waals surface area (Å²) in [7, 11) is 3.21. The SMILES string of the molecule is COc1ccc(CC(=O)Nc2ccccc2N2CCc3sccc3C2)c(OC)c1. The van der Waals surface area contributed by atoms with Gasteiger partial charge in [0.2, 0.25) is 5.91 Å². The minimum Gasteiger partial charge on any atom is -0.497 e. The van der Waals surface area contributed by atoms with Crippen LogP contribution in [-0.2, 0) is 24.2 Å². The molecule has 3 aromatic rings. The molecule has 150 valence electrons. The van der Waals surface area contributed by atoms with Gasteiger partial charge in [-0.05, 0) is 41.6 Å². The Morgan fingerprint density at radius 1 is 1.14 bits per heavy atom. The second-order valence-corrected chi connectivity index (χ2v) is 7.96. The van der Waals surface area contributed by atoms with E-state index in [-0.39, 0.29) is 12.3 Å². The van der Waals surface area contributed by atoms with Crippen molar-refractivity contribution in [3.05, 3.63) is 69.9 Å². The van der Waals surface area contributed by atoms with Crippen LogP contribution in [0.5, 0.6) is 11.5 Å². The van der Waals surface area contributed by atoms with Gasteiger partial charge in [0.25, 0.3) is 0 Å². The number of rotatable bonds is 6. The predicted molar refractivity (Wildman–Crippen MR) is 117 cm³/mol. The number of hydrogen-bond acceptors (Lipinski definition) is 5. The third-order valence-corrected chi connectivity index (χ3v) is 6.19. The summed E-state index contributed by atoms with van der Waals surface area (Å²) >= 11 is 1.83. The highest BCUT2D eigenvalue weighted by Gasteiger charge is 2.20. The summed E-state index contributed by atoms with van der Waals surface area (Å²) in [6.07, 6.45) is 1.27. The van der Waals surface area contributed by atoms with Crippen molar-refractivity contribution in [3.8, 4) is 11.5 Å². The first-order chi connectivity index (χ1) is 14.2. The number of nitrogens with one attached hydrogen (secondary N) is 1. The fourth-order valence-electron chi connectivity index (χ4n) is 3.67. The molecule has 29 heavy (non-hydrogen) atoms. The lowest BCUT2D eigenvalue weighted by Crippen LogP contribution is -2.30. The topological polar surface area (TPSA) is 50.8 Å². The van der Waals surface area contributed by atoms with Gasteiger partial charge < -0.3 is 19.7 Å². The quantitative estimate of drug-likeness (QED) is 0.652. The van der Waals surface area contributed by atoms with Crippen LogP contribution in [0.3, 0.4) is 0 Å². The van der Waals surface area contributed by atoms with E-state index in [1.807, 2.05) is 41.7 Å². The Labute approximate surface area is 174 Å². The van der Waals surface area contributed by atoms with Gasteiger partial charge in [0, 0.05) is 29.6 Å². The van der Waals surface area contributed by atoms with Crippen LogP contribution in [0, 0.1) is 0 Å². The Kier molecular flexibility index (Phi) is 5.71. The lowest BCUT2D eigenvalue weighted by Gasteiger charge is -2.30. The number of fused-ring (bicyclic) bond motifs is 1. The van der Waals surface area contributed by atoms with Crippen LogP contribution in [0.25, 0.3) is 0 Å². The fraction of sp³-hybridized carbons (Fsp3) is 0.261. The Hall–Kier alpha value is -2.99. The second kappa shape index (κ2) is 8.57. The van der Waals surface area contributed by atoms with E-state index in [2.05, 4.69) is 27.7 Å². The minimum atomic E-state index is -0.0749. The van der Waals surface area contributed by atoms with Gasteiger partial charge in [-0.15, -0.1) is 11.3 Å². The number of para-hydroxylation sites is 2. The molecule has 4 rings (SSSR count). The number of hydrogen-bond donors (Lipinski definition) is 1. The Morgan fingerprint density at radius 3 is 2.83 bits per heavy atom. The Morgan fingerprint density at radius 2 is 2.00 bits per heavy atom. The van der Waals surface area contributed by atoms with E-state index in [9.17, 15) is 4.79 Å². The molecule has 1 N–H and O–H groups in total. The third kappa shape index (κ3) is 4.22. The zero-order chi connectivity index (χ0) is 20.2. The Balaban J connectivity index is 1.50. The number of carbonyl (C=O) groups is 1. The highest BCUT2D eigenvalue weighted by molar-refractivity contribution is 7.10. The average molecular weight is 409 g/mol. The number of anilines is 2. The molecule has 0 aliphatic carbocycles.